The first-order valence-electron chi connectivity index (χ1n) is 9.62. The normalized spacial score (nSPS) is 17.3. The second kappa shape index (κ2) is 6.48. The minimum absolute atomic E-state index is 0.238. The topological polar surface area (TPSA) is 46.6 Å². The van der Waals surface area contributed by atoms with Crippen LogP contribution in [0.3, 0.4) is 0 Å². The number of ether oxygens (including phenoxy) is 1. The highest BCUT2D eigenvalue weighted by Gasteiger charge is 2.52. The molecular formula is C24H21NO3. The molecule has 4 nitrogen and oxygen atoms in total. The Morgan fingerprint density at radius 2 is 1.57 bits per heavy atom. The van der Waals surface area contributed by atoms with Crippen molar-refractivity contribution in [3.63, 3.8) is 0 Å². The maximum Gasteiger partial charge on any atom is 0.410 e. The molecule has 140 valence electrons. The third kappa shape index (κ3) is 2.85. The Morgan fingerprint density at radius 1 is 0.929 bits per heavy atom. The predicted molar refractivity (Wildman–Crippen MR) is 107 cm³/mol. The minimum atomic E-state index is -0.443. The molecule has 28 heavy (non-hydrogen) atoms. The summed E-state index contributed by atoms with van der Waals surface area (Å²) in [7, 11) is 0. The molecule has 1 aliphatic carbocycles. The van der Waals surface area contributed by atoms with Gasteiger partial charge in [0.1, 0.15) is 12.4 Å². The van der Waals surface area contributed by atoms with Gasteiger partial charge in [-0.1, -0.05) is 66.7 Å². The molecule has 1 amide bonds. The van der Waals surface area contributed by atoms with Crippen LogP contribution in [0.5, 0.6) is 0 Å². The molecule has 5 rings (SSSR count). The molecule has 0 saturated carbocycles. The van der Waals surface area contributed by atoms with Gasteiger partial charge in [0.15, 0.2) is 0 Å². The van der Waals surface area contributed by atoms with Gasteiger partial charge in [-0.15, -0.1) is 0 Å². The Balaban J connectivity index is 1.28. The van der Waals surface area contributed by atoms with Crippen molar-refractivity contribution in [2.75, 3.05) is 13.1 Å². The van der Waals surface area contributed by atoms with Crippen LogP contribution in [0.4, 0.5) is 4.79 Å². The molecule has 0 aromatic heterocycles. The van der Waals surface area contributed by atoms with Gasteiger partial charge in [-0.05, 0) is 33.9 Å². The molecule has 3 aromatic rings. The van der Waals surface area contributed by atoms with E-state index in [1.54, 1.807) is 4.90 Å². The summed E-state index contributed by atoms with van der Waals surface area (Å²) in [5.74, 6) is 0.238. The zero-order chi connectivity index (χ0) is 19.1. The van der Waals surface area contributed by atoms with Crippen LogP contribution in [0.25, 0.3) is 10.8 Å². The summed E-state index contributed by atoms with van der Waals surface area (Å²) >= 11 is 0. The van der Waals surface area contributed by atoms with Gasteiger partial charge in [-0.25, -0.2) is 4.79 Å². The van der Waals surface area contributed by atoms with E-state index >= 15 is 0 Å². The fourth-order valence-electron chi connectivity index (χ4n) is 4.40. The Bertz CT molecular complexity index is 1070. The van der Waals surface area contributed by atoms with E-state index in [0.717, 1.165) is 11.1 Å². The summed E-state index contributed by atoms with van der Waals surface area (Å²) in [5.41, 5.74) is 2.87. The van der Waals surface area contributed by atoms with Gasteiger partial charge in [-0.3, -0.25) is 4.79 Å². The molecule has 0 unspecified atom stereocenters. The van der Waals surface area contributed by atoms with Crippen molar-refractivity contribution in [3.05, 3.63) is 83.4 Å². The van der Waals surface area contributed by atoms with Crippen molar-refractivity contribution in [1.29, 1.82) is 0 Å². The lowest BCUT2D eigenvalue weighted by Gasteiger charge is -2.50. The molecule has 0 radical (unpaired) electrons. The molecule has 1 aliphatic heterocycles. The van der Waals surface area contributed by atoms with Gasteiger partial charge in [0.05, 0.1) is 5.41 Å². The van der Waals surface area contributed by atoms with E-state index in [0.29, 0.717) is 25.9 Å². The molecule has 2 aliphatic rings. The van der Waals surface area contributed by atoms with E-state index in [1.807, 2.05) is 42.5 Å². The molecule has 4 heteroatoms. The Hall–Kier alpha value is -3.14. The molecule has 1 heterocycles. The molecule has 1 spiro atoms. The van der Waals surface area contributed by atoms with E-state index in [2.05, 4.69) is 24.3 Å². The second-order valence-corrected chi connectivity index (χ2v) is 7.92. The van der Waals surface area contributed by atoms with Crippen molar-refractivity contribution < 1.29 is 14.3 Å². The predicted octanol–water partition coefficient (Wildman–Crippen LogP) is 4.15. The number of carbonyl (C=O) groups is 2. The molecule has 1 fully saturated rings. The van der Waals surface area contributed by atoms with Crippen LogP contribution in [-0.2, 0) is 29.0 Å². The van der Waals surface area contributed by atoms with Gasteiger partial charge in [0.2, 0.25) is 0 Å². The van der Waals surface area contributed by atoms with Crippen molar-refractivity contribution in [2.45, 2.75) is 19.4 Å². The lowest BCUT2D eigenvalue weighted by molar-refractivity contribution is -0.138. The zero-order valence-electron chi connectivity index (χ0n) is 15.6. The fraction of sp³-hybridized carbons (Fsp3) is 0.250. The van der Waals surface area contributed by atoms with Crippen molar-refractivity contribution in [3.8, 4) is 0 Å². The van der Waals surface area contributed by atoms with Crippen LogP contribution < -0.4 is 0 Å². The average molecular weight is 371 g/mol. The number of Topliss-reactive ketones (excluding diaryl/α,β-unsaturated/α-hetero) is 1. The Kier molecular flexibility index (Phi) is 3.93. The zero-order valence-corrected chi connectivity index (χ0v) is 15.6. The average Bonchev–Trinajstić information content (AvgIpc) is 2.69. The summed E-state index contributed by atoms with van der Waals surface area (Å²) in [4.78, 5) is 26.9. The van der Waals surface area contributed by atoms with Crippen LogP contribution in [-0.4, -0.2) is 29.9 Å². The summed E-state index contributed by atoms with van der Waals surface area (Å²) in [6.45, 7) is 1.16. The first-order valence-corrected chi connectivity index (χ1v) is 9.62. The Labute approximate surface area is 163 Å². The summed E-state index contributed by atoms with van der Waals surface area (Å²) < 4.78 is 5.40. The Morgan fingerprint density at radius 3 is 2.29 bits per heavy atom. The molecule has 1 saturated heterocycles. The fourth-order valence-corrected chi connectivity index (χ4v) is 4.40. The first-order chi connectivity index (χ1) is 13.6. The quantitative estimate of drug-likeness (QED) is 0.680. The van der Waals surface area contributed by atoms with Gasteiger partial charge in [-0.2, -0.15) is 0 Å². The SMILES string of the molecule is O=C(OCc1ccccc1)N1CC2(Cc3cc4ccccc4cc3CC2=O)C1. The van der Waals surface area contributed by atoms with Gasteiger partial charge in [0.25, 0.3) is 0 Å². The lowest BCUT2D eigenvalue weighted by Crippen LogP contribution is -2.64. The standard InChI is InChI=1S/C24H21NO3/c26-22-12-20-10-18-8-4-5-9-19(18)11-21(20)13-24(22)15-25(16-24)23(27)28-14-17-6-2-1-3-7-17/h1-11H,12-16H2. The number of amides is 1. The number of likely N-dealkylation sites (tertiary alicyclic amines) is 1. The van der Waals surface area contributed by atoms with E-state index in [-0.39, 0.29) is 18.5 Å². The number of rotatable bonds is 2. The minimum Gasteiger partial charge on any atom is -0.445 e. The van der Waals surface area contributed by atoms with Crippen LogP contribution in [0.1, 0.15) is 16.7 Å². The van der Waals surface area contributed by atoms with Crippen LogP contribution in [0.15, 0.2) is 66.7 Å². The van der Waals surface area contributed by atoms with Gasteiger partial charge in [0, 0.05) is 19.5 Å². The van der Waals surface area contributed by atoms with E-state index in [1.165, 1.54) is 16.3 Å². The van der Waals surface area contributed by atoms with Gasteiger partial charge >= 0.3 is 6.09 Å². The number of hydrogen-bond acceptors (Lipinski definition) is 3. The number of ketones is 1. The van der Waals surface area contributed by atoms with Crippen molar-refractivity contribution >= 4 is 22.6 Å². The van der Waals surface area contributed by atoms with Crippen LogP contribution in [0.2, 0.25) is 0 Å². The summed E-state index contributed by atoms with van der Waals surface area (Å²) in [6, 6.07) is 22.2. The lowest BCUT2D eigenvalue weighted by atomic mass is 9.65. The first kappa shape index (κ1) is 17.0. The largest absolute Gasteiger partial charge is 0.445 e. The maximum absolute atomic E-state index is 12.9. The molecule has 0 atom stereocenters. The van der Waals surface area contributed by atoms with E-state index in [9.17, 15) is 9.59 Å². The number of fused-ring (bicyclic) bond motifs is 2. The number of nitrogens with zero attached hydrogens (tertiary/aromatic N) is 1. The van der Waals surface area contributed by atoms with E-state index < -0.39 is 5.41 Å². The molecule has 0 N–H and O–H groups in total. The smallest absolute Gasteiger partial charge is 0.410 e. The van der Waals surface area contributed by atoms with Gasteiger partial charge < -0.3 is 9.64 Å². The molecule has 0 bridgehead atoms. The number of hydrogen-bond donors (Lipinski definition) is 0. The molecular weight excluding hydrogens is 350 g/mol. The van der Waals surface area contributed by atoms with Crippen LogP contribution >= 0.6 is 0 Å². The highest BCUT2D eigenvalue weighted by molar-refractivity contribution is 5.94. The molecule has 3 aromatic carbocycles. The second-order valence-electron chi connectivity index (χ2n) is 7.92. The van der Waals surface area contributed by atoms with Crippen LogP contribution in [0, 0.1) is 5.41 Å². The number of carbonyl (C=O) groups excluding carboxylic acids is 2. The third-order valence-corrected chi connectivity index (χ3v) is 5.99. The number of benzene rings is 3. The highest BCUT2D eigenvalue weighted by Crippen LogP contribution is 2.41. The van der Waals surface area contributed by atoms with Crippen molar-refractivity contribution in [1.82, 2.24) is 4.90 Å². The maximum atomic E-state index is 12.9. The monoisotopic (exact) mass is 371 g/mol. The third-order valence-electron chi connectivity index (χ3n) is 5.99. The van der Waals surface area contributed by atoms with Crippen molar-refractivity contribution in [2.24, 2.45) is 5.41 Å². The highest BCUT2D eigenvalue weighted by atomic mass is 16.6. The summed E-state index contributed by atoms with van der Waals surface area (Å²) in [5, 5.41) is 2.37. The van der Waals surface area contributed by atoms with E-state index in [4.69, 9.17) is 4.74 Å². The summed E-state index contributed by atoms with van der Waals surface area (Å²) in [6.07, 6.45) is 0.813.